The molecule has 2 aliphatic heterocycles. The summed E-state index contributed by atoms with van der Waals surface area (Å²) in [4.78, 5) is 29.7. The highest BCUT2D eigenvalue weighted by atomic mass is 16.5. The molecule has 0 aromatic heterocycles. The predicted molar refractivity (Wildman–Crippen MR) is 102 cm³/mol. The maximum atomic E-state index is 13.0. The molecule has 1 atom stereocenters. The maximum absolute atomic E-state index is 13.0. The van der Waals surface area contributed by atoms with Crippen molar-refractivity contribution < 1.29 is 14.3 Å². The number of unbranched alkanes of at least 4 members (excludes halogenated alkanes) is 1. The van der Waals surface area contributed by atoms with E-state index in [1.165, 1.54) is 32.1 Å². The van der Waals surface area contributed by atoms with Crippen LogP contribution in [-0.4, -0.2) is 61.0 Å². The van der Waals surface area contributed by atoms with Crippen LogP contribution in [0.2, 0.25) is 0 Å². The van der Waals surface area contributed by atoms with Gasteiger partial charge in [0, 0.05) is 32.1 Å². The molecule has 1 saturated carbocycles. The highest BCUT2D eigenvalue weighted by molar-refractivity contribution is 5.82. The van der Waals surface area contributed by atoms with E-state index in [1.807, 2.05) is 9.80 Å². The van der Waals surface area contributed by atoms with Crippen LogP contribution >= 0.6 is 0 Å². The number of amides is 2. The molecule has 0 spiro atoms. The fraction of sp³-hybridized carbons (Fsp3) is 0.905. The average Bonchev–Trinajstić information content (AvgIpc) is 2.72. The number of hydrogen-bond donors (Lipinski definition) is 0. The first-order chi connectivity index (χ1) is 12.7. The topological polar surface area (TPSA) is 49.9 Å². The highest BCUT2D eigenvalue weighted by Crippen LogP contribution is 2.33. The van der Waals surface area contributed by atoms with Gasteiger partial charge in [-0.3, -0.25) is 9.59 Å². The summed E-state index contributed by atoms with van der Waals surface area (Å²) in [5.41, 5.74) is 0. The number of likely N-dealkylation sites (tertiary alicyclic amines) is 1. The highest BCUT2D eigenvalue weighted by Gasteiger charge is 2.35. The van der Waals surface area contributed by atoms with Crippen molar-refractivity contribution in [3.63, 3.8) is 0 Å². The molecule has 0 bridgehead atoms. The number of rotatable bonds is 5. The second kappa shape index (κ2) is 9.72. The Morgan fingerprint density at radius 1 is 0.885 bits per heavy atom. The van der Waals surface area contributed by atoms with Gasteiger partial charge in [0.15, 0.2) is 0 Å². The Morgan fingerprint density at radius 2 is 1.58 bits per heavy atom. The number of carbonyl (C=O) groups excluding carboxylic acids is 2. The lowest BCUT2D eigenvalue weighted by atomic mass is 9.79. The largest absolute Gasteiger partial charge is 0.378 e. The molecule has 3 aliphatic rings. The van der Waals surface area contributed by atoms with Gasteiger partial charge in [-0.1, -0.05) is 26.2 Å². The van der Waals surface area contributed by atoms with Crippen LogP contribution in [-0.2, 0) is 14.3 Å². The van der Waals surface area contributed by atoms with E-state index in [-0.39, 0.29) is 17.7 Å². The van der Waals surface area contributed by atoms with E-state index in [0.29, 0.717) is 38.8 Å². The number of piperidine rings is 1. The fourth-order valence-electron chi connectivity index (χ4n) is 4.87. The molecule has 5 nitrogen and oxygen atoms in total. The molecular formula is C21H36N2O3. The van der Waals surface area contributed by atoms with Crippen LogP contribution in [0.25, 0.3) is 0 Å². The van der Waals surface area contributed by atoms with Crippen molar-refractivity contribution in [2.45, 2.75) is 64.7 Å². The zero-order chi connectivity index (χ0) is 18.4. The molecule has 0 radical (unpaired) electrons. The van der Waals surface area contributed by atoms with E-state index in [0.717, 1.165) is 38.1 Å². The Bertz CT molecular complexity index is 468. The van der Waals surface area contributed by atoms with Gasteiger partial charge in [-0.15, -0.1) is 0 Å². The minimum atomic E-state index is -0.00769. The molecule has 0 N–H and O–H groups in total. The Kier molecular flexibility index (Phi) is 7.35. The lowest BCUT2D eigenvalue weighted by Gasteiger charge is -2.38. The van der Waals surface area contributed by atoms with Gasteiger partial charge < -0.3 is 14.5 Å². The van der Waals surface area contributed by atoms with Crippen molar-refractivity contribution >= 4 is 11.8 Å². The summed E-state index contributed by atoms with van der Waals surface area (Å²) in [5.74, 6) is 1.57. The van der Waals surface area contributed by atoms with Crippen LogP contribution in [0.5, 0.6) is 0 Å². The lowest BCUT2D eigenvalue weighted by Crippen LogP contribution is -2.50. The third-order valence-electron chi connectivity index (χ3n) is 6.57. The molecule has 1 unspecified atom stereocenters. The number of nitrogens with zero attached hydrogens (tertiary/aromatic N) is 2. The molecule has 26 heavy (non-hydrogen) atoms. The molecule has 0 aromatic rings. The van der Waals surface area contributed by atoms with Crippen LogP contribution < -0.4 is 0 Å². The molecule has 0 aromatic carbocycles. The quantitative estimate of drug-likeness (QED) is 0.753. The van der Waals surface area contributed by atoms with Crippen molar-refractivity contribution in [2.24, 2.45) is 17.8 Å². The first kappa shape index (κ1) is 19.7. The van der Waals surface area contributed by atoms with Crippen LogP contribution in [0.1, 0.15) is 64.7 Å². The standard InChI is InChI=1S/C21H36N2O3/c1-2-3-5-17-7-9-18(10-8-17)20(24)23-11-4-6-19(16-23)21(25)22-12-14-26-15-13-22/h17-19H,2-16H2,1H3. The fourth-order valence-corrected chi connectivity index (χ4v) is 4.87. The van der Waals surface area contributed by atoms with Gasteiger partial charge in [-0.05, 0) is 44.4 Å². The van der Waals surface area contributed by atoms with Gasteiger partial charge in [-0.25, -0.2) is 0 Å². The van der Waals surface area contributed by atoms with Gasteiger partial charge in [-0.2, -0.15) is 0 Å². The molecule has 3 fully saturated rings. The van der Waals surface area contributed by atoms with Crippen molar-refractivity contribution in [2.75, 3.05) is 39.4 Å². The summed E-state index contributed by atoms with van der Waals surface area (Å²) >= 11 is 0. The maximum Gasteiger partial charge on any atom is 0.227 e. The summed E-state index contributed by atoms with van der Waals surface area (Å²) in [6.45, 7) is 6.40. The second-order valence-electron chi connectivity index (χ2n) is 8.42. The van der Waals surface area contributed by atoms with Crippen molar-refractivity contribution in [1.29, 1.82) is 0 Å². The molecule has 148 valence electrons. The van der Waals surface area contributed by atoms with Crippen molar-refractivity contribution in [3.8, 4) is 0 Å². The summed E-state index contributed by atoms with van der Waals surface area (Å²) in [6, 6.07) is 0. The van der Waals surface area contributed by atoms with Crippen LogP contribution in [0.3, 0.4) is 0 Å². The van der Waals surface area contributed by atoms with Gasteiger partial charge in [0.2, 0.25) is 11.8 Å². The van der Waals surface area contributed by atoms with Gasteiger partial charge in [0.25, 0.3) is 0 Å². The third kappa shape index (κ3) is 4.99. The van der Waals surface area contributed by atoms with Crippen LogP contribution in [0, 0.1) is 17.8 Å². The van der Waals surface area contributed by atoms with E-state index in [9.17, 15) is 9.59 Å². The summed E-state index contributed by atoms with van der Waals surface area (Å²) in [5, 5.41) is 0. The molecule has 2 heterocycles. The van der Waals surface area contributed by atoms with Crippen LogP contribution in [0.15, 0.2) is 0 Å². The average molecular weight is 365 g/mol. The van der Waals surface area contributed by atoms with Crippen molar-refractivity contribution in [1.82, 2.24) is 9.80 Å². The van der Waals surface area contributed by atoms with E-state index in [1.54, 1.807) is 0 Å². The number of morpholine rings is 1. The SMILES string of the molecule is CCCCC1CCC(C(=O)N2CCCC(C(=O)N3CCOCC3)C2)CC1. The number of carbonyl (C=O) groups is 2. The van der Waals surface area contributed by atoms with Gasteiger partial charge >= 0.3 is 0 Å². The Hall–Kier alpha value is -1.10. The zero-order valence-electron chi connectivity index (χ0n) is 16.5. The number of hydrogen-bond acceptors (Lipinski definition) is 3. The Morgan fingerprint density at radius 3 is 2.27 bits per heavy atom. The van der Waals surface area contributed by atoms with E-state index in [2.05, 4.69) is 6.92 Å². The smallest absolute Gasteiger partial charge is 0.227 e. The molecule has 2 saturated heterocycles. The second-order valence-corrected chi connectivity index (χ2v) is 8.42. The lowest BCUT2D eigenvalue weighted by molar-refractivity contribution is -0.145. The number of ether oxygens (including phenoxy) is 1. The molecule has 1 aliphatic carbocycles. The summed E-state index contributed by atoms with van der Waals surface area (Å²) < 4.78 is 5.35. The minimum Gasteiger partial charge on any atom is -0.378 e. The van der Waals surface area contributed by atoms with Gasteiger partial charge in [0.1, 0.15) is 0 Å². The van der Waals surface area contributed by atoms with E-state index < -0.39 is 0 Å². The van der Waals surface area contributed by atoms with E-state index in [4.69, 9.17) is 4.74 Å². The zero-order valence-corrected chi connectivity index (χ0v) is 16.5. The van der Waals surface area contributed by atoms with E-state index >= 15 is 0 Å². The summed E-state index contributed by atoms with van der Waals surface area (Å²) in [7, 11) is 0. The Labute approximate surface area is 158 Å². The summed E-state index contributed by atoms with van der Waals surface area (Å²) in [6.07, 6.45) is 10.3. The van der Waals surface area contributed by atoms with Gasteiger partial charge in [0.05, 0.1) is 19.1 Å². The predicted octanol–water partition coefficient (Wildman–Crippen LogP) is 3.08. The normalized spacial score (nSPS) is 30.3. The first-order valence-electron chi connectivity index (χ1n) is 10.8. The van der Waals surface area contributed by atoms with Crippen LogP contribution in [0.4, 0.5) is 0 Å². The monoisotopic (exact) mass is 364 g/mol. The minimum absolute atomic E-state index is 0.00769. The van der Waals surface area contributed by atoms with Crippen molar-refractivity contribution in [3.05, 3.63) is 0 Å². The Balaban J connectivity index is 1.48. The molecule has 5 heteroatoms. The first-order valence-corrected chi connectivity index (χ1v) is 10.8. The molecule has 3 rings (SSSR count). The molecular weight excluding hydrogens is 328 g/mol. The third-order valence-corrected chi connectivity index (χ3v) is 6.57. The molecule has 2 amide bonds.